The average Bonchev–Trinajstić information content (AvgIpc) is 2.85. The summed E-state index contributed by atoms with van der Waals surface area (Å²) in [6.45, 7) is 0.835. The summed E-state index contributed by atoms with van der Waals surface area (Å²) in [7, 11) is 1.75. The molecule has 1 aliphatic carbocycles. The first-order chi connectivity index (χ1) is 17.6. The molecule has 0 amide bonds. The number of methoxy groups -OCH3 is 1. The average molecular weight is 525 g/mol. The summed E-state index contributed by atoms with van der Waals surface area (Å²) in [6.07, 6.45) is 1.85. The molecule has 0 aromatic heterocycles. The van der Waals surface area contributed by atoms with E-state index in [-0.39, 0.29) is 18.4 Å². The van der Waals surface area contributed by atoms with E-state index < -0.39 is 29.6 Å². The molecule has 0 bridgehead atoms. The first-order valence-electron chi connectivity index (χ1n) is 12.6. The number of hydrogen-bond acceptors (Lipinski definition) is 2. The Bertz CT molecular complexity index is 1190. The summed E-state index contributed by atoms with van der Waals surface area (Å²) in [6, 6.07) is 10.7. The van der Waals surface area contributed by atoms with Crippen LogP contribution in [-0.2, 0) is 24.0 Å². The number of halogens is 6. The minimum absolute atomic E-state index is 0.0489. The molecule has 0 saturated heterocycles. The van der Waals surface area contributed by atoms with Crippen LogP contribution in [-0.4, -0.2) is 20.1 Å². The van der Waals surface area contributed by atoms with Gasteiger partial charge in [0.1, 0.15) is 5.82 Å². The van der Waals surface area contributed by atoms with Crippen molar-refractivity contribution in [1.82, 2.24) is 0 Å². The Morgan fingerprint density at radius 1 is 0.784 bits per heavy atom. The Labute approximate surface area is 212 Å². The van der Waals surface area contributed by atoms with Gasteiger partial charge in [-0.1, -0.05) is 43.2 Å². The Balaban J connectivity index is 1.38. The van der Waals surface area contributed by atoms with Gasteiger partial charge >= 0.3 is 6.36 Å². The Hall–Kier alpha value is -2.74. The maximum absolute atomic E-state index is 15.2. The zero-order valence-corrected chi connectivity index (χ0v) is 20.6. The zero-order valence-electron chi connectivity index (χ0n) is 20.6. The molecule has 1 saturated carbocycles. The standard InChI is InChI=1S/C29H30F6O2/c1-36-17-20-6-3-18(4-7-20)2-5-19-9-13-24-23(14-19)12-11-22(27(24)32)10-8-21-15-25(30)28(26(31)16-21)37-29(33,34)35/h9,11-16,18,20H,2-8,10,17H2,1H3. The van der Waals surface area contributed by atoms with Gasteiger partial charge in [-0.25, -0.2) is 13.2 Å². The van der Waals surface area contributed by atoms with E-state index >= 15 is 4.39 Å². The third-order valence-electron chi connectivity index (χ3n) is 7.27. The molecule has 3 aromatic carbocycles. The fourth-order valence-corrected chi connectivity index (χ4v) is 5.28. The number of alkyl halides is 3. The zero-order chi connectivity index (χ0) is 26.6. The van der Waals surface area contributed by atoms with Crippen LogP contribution in [0, 0.1) is 29.3 Å². The summed E-state index contributed by atoms with van der Waals surface area (Å²) in [5.74, 6) is -3.45. The molecule has 0 N–H and O–H groups in total. The third-order valence-corrected chi connectivity index (χ3v) is 7.27. The molecule has 0 atom stereocenters. The minimum atomic E-state index is -5.21. The van der Waals surface area contributed by atoms with Crippen LogP contribution in [0.15, 0.2) is 42.5 Å². The summed E-state index contributed by atoms with van der Waals surface area (Å²) in [5.41, 5.74) is 1.63. The Morgan fingerprint density at radius 2 is 1.46 bits per heavy atom. The van der Waals surface area contributed by atoms with E-state index in [1.54, 1.807) is 19.2 Å². The smallest absolute Gasteiger partial charge is 0.399 e. The van der Waals surface area contributed by atoms with E-state index in [1.165, 1.54) is 25.7 Å². The predicted molar refractivity (Wildman–Crippen MR) is 130 cm³/mol. The molecule has 2 nitrogen and oxygen atoms in total. The molecule has 200 valence electrons. The van der Waals surface area contributed by atoms with Gasteiger partial charge in [-0.3, -0.25) is 0 Å². The highest BCUT2D eigenvalue weighted by Gasteiger charge is 2.34. The highest BCUT2D eigenvalue weighted by Crippen LogP contribution is 2.33. The van der Waals surface area contributed by atoms with Gasteiger partial charge in [0.05, 0.1) is 0 Å². The topological polar surface area (TPSA) is 18.5 Å². The Kier molecular flexibility index (Phi) is 8.67. The van der Waals surface area contributed by atoms with Crippen molar-refractivity contribution in [2.45, 2.75) is 57.7 Å². The second-order valence-electron chi connectivity index (χ2n) is 9.91. The van der Waals surface area contributed by atoms with Crippen molar-refractivity contribution in [2.24, 2.45) is 11.8 Å². The first kappa shape index (κ1) is 27.3. The van der Waals surface area contributed by atoms with Crippen LogP contribution in [0.5, 0.6) is 5.75 Å². The van der Waals surface area contributed by atoms with Crippen molar-refractivity contribution in [1.29, 1.82) is 0 Å². The molecular formula is C29H30F6O2. The Morgan fingerprint density at radius 3 is 2.11 bits per heavy atom. The summed E-state index contributed by atoms with van der Waals surface area (Å²) in [4.78, 5) is 0. The molecule has 4 rings (SSSR count). The predicted octanol–water partition coefficient (Wildman–Crippen LogP) is 8.33. The molecule has 1 aliphatic rings. The van der Waals surface area contributed by atoms with Crippen LogP contribution in [0.1, 0.15) is 48.8 Å². The number of fused-ring (bicyclic) bond motifs is 1. The maximum atomic E-state index is 15.2. The van der Waals surface area contributed by atoms with E-state index in [4.69, 9.17) is 4.74 Å². The minimum Gasteiger partial charge on any atom is -0.399 e. The molecule has 0 heterocycles. The molecule has 0 radical (unpaired) electrons. The van der Waals surface area contributed by atoms with Crippen LogP contribution >= 0.6 is 0 Å². The quantitative estimate of drug-likeness (QED) is 0.262. The van der Waals surface area contributed by atoms with Crippen molar-refractivity contribution in [3.8, 4) is 5.75 Å². The summed E-state index contributed by atoms with van der Waals surface area (Å²) >= 11 is 0. The number of aryl methyl sites for hydroxylation is 3. The normalized spacial score (nSPS) is 18.4. The maximum Gasteiger partial charge on any atom is 0.573 e. The van der Waals surface area contributed by atoms with Gasteiger partial charge < -0.3 is 9.47 Å². The van der Waals surface area contributed by atoms with Gasteiger partial charge in [0.15, 0.2) is 11.6 Å². The highest BCUT2D eigenvalue weighted by atomic mass is 19.4. The van der Waals surface area contributed by atoms with E-state index in [0.717, 1.165) is 42.5 Å². The second-order valence-corrected chi connectivity index (χ2v) is 9.91. The van der Waals surface area contributed by atoms with Gasteiger partial charge in [-0.05, 0) is 84.6 Å². The lowest BCUT2D eigenvalue weighted by Crippen LogP contribution is -2.19. The van der Waals surface area contributed by atoms with Gasteiger partial charge in [-0.15, -0.1) is 13.2 Å². The summed E-state index contributed by atoms with van der Waals surface area (Å²) < 4.78 is 88.8. The lowest BCUT2D eigenvalue weighted by atomic mass is 9.80. The van der Waals surface area contributed by atoms with Gasteiger partial charge in [0.2, 0.25) is 5.75 Å². The molecule has 1 fully saturated rings. The molecule has 3 aromatic rings. The summed E-state index contributed by atoms with van der Waals surface area (Å²) in [5, 5.41) is 1.25. The lowest BCUT2D eigenvalue weighted by molar-refractivity contribution is -0.276. The fraction of sp³-hybridized carbons (Fsp3) is 0.448. The molecule has 8 heteroatoms. The number of ether oxygens (including phenoxy) is 2. The van der Waals surface area contributed by atoms with E-state index in [1.807, 2.05) is 18.2 Å². The highest BCUT2D eigenvalue weighted by molar-refractivity contribution is 5.84. The number of rotatable bonds is 9. The number of benzene rings is 3. The van der Waals surface area contributed by atoms with Crippen molar-refractivity contribution in [2.75, 3.05) is 13.7 Å². The molecule has 0 aliphatic heterocycles. The van der Waals surface area contributed by atoms with Crippen LogP contribution in [0.2, 0.25) is 0 Å². The SMILES string of the molecule is COCC1CCC(CCc2ccc3c(F)c(CCc4cc(F)c(OC(F)(F)F)c(F)c4)ccc3c2)CC1. The van der Waals surface area contributed by atoms with Crippen molar-refractivity contribution in [3.05, 3.63) is 76.6 Å². The molecule has 0 spiro atoms. The van der Waals surface area contributed by atoms with Crippen molar-refractivity contribution < 1.29 is 35.8 Å². The molecule has 0 unspecified atom stereocenters. The molecular weight excluding hydrogens is 494 g/mol. The second kappa shape index (κ2) is 11.8. The first-order valence-corrected chi connectivity index (χ1v) is 12.6. The van der Waals surface area contributed by atoms with Gasteiger partial charge in [0.25, 0.3) is 0 Å². The fourth-order valence-electron chi connectivity index (χ4n) is 5.28. The van der Waals surface area contributed by atoms with Crippen LogP contribution in [0.4, 0.5) is 26.3 Å². The monoisotopic (exact) mass is 524 g/mol. The van der Waals surface area contributed by atoms with Crippen LogP contribution in [0.25, 0.3) is 10.8 Å². The van der Waals surface area contributed by atoms with Crippen molar-refractivity contribution in [3.63, 3.8) is 0 Å². The number of hydrogen-bond donors (Lipinski definition) is 0. The molecule has 37 heavy (non-hydrogen) atoms. The van der Waals surface area contributed by atoms with Crippen LogP contribution < -0.4 is 4.74 Å². The van der Waals surface area contributed by atoms with Gasteiger partial charge in [0, 0.05) is 19.1 Å². The lowest BCUT2D eigenvalue weighted by Gasteiger charge is -2.28. The van der Waals surface area contributed by atoms with E-state index in [2.05, 4.69) is 4.74 Å². The van der Waals surface area contributed by atoms with E-state index in [0.29, 0.717) is 22.8 Å². The van der Waals surface area contributed by atoms with Crippen LogP contribution in [0.3, 0.4) is 0 Å². The van der Waals surface area contributed by atoms with E-state index in [9.17, 15) is 22.0 Å². The van der Waals surface area contributed by atoms with Gasteiger partial charge in [-0.2, -0.15) is 0 Å². The third kappa shape index (κ3) is 7.18. The van der Waals surface area contributed by atoms with Crippen molar-refractivity contribution >= 4 is 10.8 Å². The largest absolute Gasteiger partial charge is 0.573 e.